The fraction of sp³-hybridized carbons (Fsp3) is 0.529. The first kappa shape index (κ1) is 15.4. The first-order chi connectivity index (χ1) is 11.7. The number of aliphatic hydroxyl groups is 1. The number of fused-ring (bicyclic) bond motifs is 2. The molecule has 2 aliphatic rings. The molecule has 1 aromatic heterocycles. The summed E-state index contributed by atoms with van der Waals surface area (Å²) < 4.78 is 13.1. The molecule has 4 rings (SSSR count). The van der Waals surface area contributed by atoms with Gasteiger partial charge >= 0.3 is 0 Å². The molecule has 3 heterocycles. The van der Waals surface area contributed by atoms with Gasteiger partial charge in [-0.05, 0) is 31.0 Å². The van der Waals surface area contributed by atoms with Crippen LogP contribution in [0.4, 0.5) is 0 Å². The summed E-state index contributed by atoms with van der Waals surface area (Å²) in [6, 6.07) is 5.91. The summed E-state index contributed by atoms with van der Waals surface area (Å²) in [4.78, 5) is 4.42. The van der Waals surface area contributed by atoms with E-state index >= 15 is 0 Å². The average molecular weight is 330 g/mol. The van der Waals surface area contributed by atoms with Crippen LogP contribution in [0.2, 0.25) is 0 Å². The van der Waals surface area contributed by atoms with E-state index < -0.39 is 6.10 Å². The number of nitrogens with zero attached hydrogens (tertiary/aromatic N) is 3. The molecule has 2 aromatic rings. The number of aromatic nitrogens is 3. The molecule has 0 spiro atoms. The summed E-state index contributed by atoms with van der Waals surface area (Å²) in [6.07, 6.45) is 1.34. The van der Waals surface area contributed by atoms with Crippen molar-refractivity contribution in [2.24, 2.45) is 0 Å². The van der Waals surface area contributed by atoms with E-state index in [0.29, 0.717) is 31.5 Å². The van der Waals surface area contributed by atoms with Crippen molar-refractivity contribution in [3.05, 3.63) is 35.4 Å². The highest BCUT2D eigenvalue weighted by Gasteiger charge is 2.22. The summed E-state index contributed by atoms with van der Waals surface area (Å²) in [5, 5.41) is 18.3. The average Bonchev–Trinajstić information content (AvgIpc) is 2.98. The van der Waals surface area contributed by atoms with Crippen molar-refractivity contribution in [2.45, 2.75) is 38.5 Å². The van der Waals surface area contributed by atoms with E-state index in [1.807, 2.05) is 29.8 Å². The zero-order valence-corrected chi connectivity index (χ0v) is 13.7. The fourth-order valence-corrected chi connectivity index (χ4v) is 3.26. The first-order valence-corrected chi connectivity index (χ1v) is 8.40. The molecular formula is C17H22N4O3. The smallest absolute Gasteiger partial charge is 0.161 e. The van der Waals surface area contributed by atoms with Crippen molar-refractivity contribution in [3.63, 3.8) is 0 Å². The topological polar surface area (TPSA) is 81.4 Å². The highest BCUT2D eigenvalue weighted by atomic mass is 16.6. The largest absolute Gasteiger partial charge is 0.486 e. The van der Waals surface area contributed by atoms with Crippen LogP contribution in [-0.2, 0) is 13.0 Å². The maximum absolute atomic E-state index is 10.5. The number of hydrogen-bond acceptors (Lipinski definition) is 6. The van der Waals surface area contributed by atoms with Crippen LogP contribution < -0.4 is 14.8 Å². The second-order valence-electron chi connectivity index (χ2n) is 6.32. The maximum atomic E-state index is 10.5. The molecule has 2 aliphatic heterocycles. The molecule has 0 aliphatic carbocycles. The highest BCUT2D eigenvalue weighted by molar-refractivity contribution is 5.44. The first-order valence-electron chi connectivity index (χ1n) is 8.40. The molecule has 0 saturated heterocycles. The number of nitrogens with one attached hydrogen (secondary N) is 1. The highest BCUT2D eigenvalue weighted by Crippen LogP contribution is 2.32. The standard InChI is InChI=1S/C17H22N4O3/c1-11-19-17-5-3-13(10-21(17)20-11)18-9-14(22)12-2-4-15-16(8-12)24-7-6-23-15/h2,4,8,13-14,18,22H,3,5-7,9-10H2,1H3/t13-,14+/m1/s1. The van der Waals surface area contributed by atoms with Crippen LogP contribution in [-0.4, -0.2) is 45.7 Å². The minimum absolute atomic E-state index is 0.297. The number of hydrogen-bond donors (Lipinski definition) is 2. The molecule has 0 bridgehead atoms. The van der Waals surface area contributed by atoms with E-state index in [1.54, 1.807) is 0 Å². The van der Waals surface area contributed by atoms with E-state index in [0.717, 1.165) is 42.3 Å². The molecule has 0 saturated carbocycles. The summed E-state index contributed by atoms with van der Waals surface area (Å²) >= 11 is 0. The molecule has 0 unspecified atom stereocenters. The molecule has 7 nitrogen and oxygen atoms in total. The third-order valence-electron chi connectivity index (χ3n) is 4.51. The number of ether oxygens (including phenoxy) is 2. The Morgan fingerprint density at radius 1 is 1.33 bits per heavy atom. The van der Waals surface area contributed by atoms with E-state index in [1.165, 1.54) is 0 Å². The minimum atomic E-state index is -0.584. The van der Waals surface area contributed by atoms with Gasteiger partial charge in [-0.15, -0.1) is 0 Å². The second kappa shape index (κ2) is 6.41. The number of aryl methyl sites for hydroxylation is 2. The van der Waals surface area contributed by atoms with Crippen molar-refractivity contribution < 1.29 is 14.6 Å². The zero-order chi connectivity index (χ0) is 16.5. The summed E-state index contributed by atoms with van der Waals surface area (Å²) in [5.41, 5.74) is 0.833. The normalized spacial score (nSPS) is 20.5. The maximum Gasteiger partial charge on any atom is 0.161 e. The Hall–Kier alpha value is -2.12. The van der Waals surface area contributed by atoms with Crippen molar-refractivity contribution in [1.82, 2.24) is 20.1 Å². The molecule has 0 amide bonds. The number of benzene rings is 1. The van der Waals surface area contributed by atoms with Gasteiger partial charge in [-0.2, -0.15) is 5.10 Å². The van der Waals surface area contributed by atoms with Gasteiger partial charge in [-0.3, -0.25) is 0 Å². The van der Waals surface area contributed by atoms with E-state index in [2.05, 4.69) is 15.4 Å². The summed E-state index contributed by atoms with van der Waals surface area (Å²) in [6.45, 7) is 4.32. The number of rotatable bonds is 4. The van der Waals surface area contributed by atoms with Gasteiger partial charge in [0.15, 0.2) is 11.5 Å². The SMILES string of the molecule is Cc1nc2n(n1)C[C@H](NC[C@H](O)c1ccc3c(c1)OCCO3)CC2. The predicted octanol–water partition coefficient (Wildman–Crippen LogP) is 0.996. The van der Waals surface area contributed by atoms with Gasteiger partial charge in [-0.1, -0.05) is 6.07 Å². The zero-order valence-electron chi connectivity index (χ0n) is 13.7. The van der Waals surface area contributed by atoms with Gasteiger partial charge in [0.25, 0.3) is 0 Å². The third-order valence-corrected chi connectivity index (χ3v) is 4.51. The van der Waals surface area contributed by atoms with Gasteiger partial charge in [-0.25, -0.2) is 9.67 Å². The van der Waals surface area contributed by atoms with E-state index in [9.17, 15) is 5.11 Å². The molecule has 24 heavy (non-hydrogen) atoms. The molecule has 1 aromatic carbocycles. The van der Waals surface area contributed by atoms with Crippen LogP contribution in [0.1, 0.15) is 29.7 Å². The molecular weight excluding hydrogens is 308 g/mol. The Bertz CT molecular complexity index is 731. The van der Waals surface area contributed by atoms with Crippen molar-refractivity contribution in [1.29, 1.82) is 0 Å². The second-order valence-corrected chi connectivity index (χ2v) is 6.32. The van der Waals surface area contributed by atoms with Gasteiger partial charge in [0.05, 0.1) is 12.6 Å². The monoisotopic (exact) mass is 330 g/mol. The Morgan fingerprint density at radius 2 is 2.17 bits per heavy atom. The summed E-state index contributed by atoms with van der Waals surface area (Å²) in [5.74, 6) is 3.32. The third kappa shape index (κ3) is 3.09. The van der Waals surface area contributed by atoms with Crippen LogP contribution in [0.15, 0.2) is 18.2 Å². The molecule has 0 fully saturated rings. The Morgan fingerprint density at radius 3 is 3.04 bits per heavy atom. The molecule has 128 valence electrons. The van der Waals surface area contributed by atoms with Crippen molar-refractivity contribution in [3.8, 4) is 11.5 Å². The van der Waals surface area contributed by atoms with Crippen molar-refractivity contribution >= 4 is 0 Å². The van der Waals surface area contributed by atoms with Gasteiger partial charge in [0.2, 0.25) is 0 Å². The predicted molar refractivity (Wildman–Crippen MR) is 87.3 cm³/mol. The molecule has 7 heteroatoms. The van der Waals surface area contributed by atoms with Crippen LogP contribution in [0.3, 0.4) is 0 Å². The minimum Gasteiger partial charge on any atom is -0.486 e. The van der Waals surface area contributed by atoms with Gasteiger partial charge in [0.1, 0.15) is 24.9 Å². The van der Waals surface area contributed by atoms with Gasteiger partial charge < -0.3 is 19.9 Å². The molecule has 2 atom stereocenters. The number of aliphatic hydroxyl groups excluding tert-OH is 1. The van der Waals surface area contributed by atoms with Crippen LogP contribution in [0.25, 0.3) is 0 Å². The van der Waals surface area contributed by atoms with E-state index in [-0.39, 0.29) is 0 Å². The van der Waals surface area contributed by atoms with E-state index in [4.69, 9.17) is 9.47 Å². The lowest BCUT2D eigenvalue weighted by Crippen LogP contribution is -2.39. The van der Waals surface area contributed by atoms with Crippen molar-refractivity contribution in [2.75, 3.05) is 19.8 Å². The van der Waals surface area contributed by atoms with Crippen LogP contribution >= 0.6 is 0 Å². The lowest BCUT2D eigenvalue weighted by molar-refractivity contribution is 0.158. The molecule has 0 radical (unpaired) electrons. The molecule has 2 N–H and O–H groups in total. The quantitative estimate of drug-likeness (QED) is 0.870. The lowest BCUT2D eigenvalue weighted by Gasteiger charge is -2.25. The Labute approximate surface area is 140 Å². The van der Waals surface area contributed by atoms with Gasteiger partial charge in [0, 0.05) is 19.0 Å². The fourth-order valence-electron chi connectivity index (χ4n) is 3.26. The lowest BCUT2D eigenvalue weighted by atomic mass is 10.1. The van der Waals surface area contributed by atoms with Crippen LogP contribution in [0, 0.1) is 6.92 Å². The van der Waals surface area contributed by atoms with Crippen LogP contribution in [0.5, 0.6) is 11.5 Å². The Balaban J connectivity index is 1.36. The Kier molecular flexibility index (Phi) is 4.12. The summed E-state index contributed by atoms with van der Waals surface area (Å²) in [7, 11) is 0.